The van der Waals surface area contributed by atoms with Gasteiger partial charge in [0.2, 0.25) is 0 Å². The zero-order valence-electron chi connectivity index (χ0n) is 20.3. The van der Waals surface area contributed by atoms with Crippen molar-refractivity contribution >= 4 is 20.8 Å². The highest BCUT2D eigenvalue weighted by molar-refractivity contribution is 8.33. The molecule has 0 bridgehead atoms. The van der Waals surface area contributed by atoms with Crippen molar-refractivity contribution in [2.24, 2.45) is 0 Å². The SMILES string of the molecule is CS1(c2ccc3c(-c4cc(C5CCCC5)cc(C5CCCC5)c4)nccc3c2)CCCCC1. The lowest BCUT2D eigenvalue weighted by molar-refractivity contribution is 0.701. The van der Waals surface area contributed by atoms with E-state index in [1.807, 2.05) is 0 Å². The number of nitrogens with zero attached hydrogens (tertiary/aromatic N) is 1. The molecule has 2 aliphatic carbocycles. The largest absolute Gasteiger partial charge is 0.256 e. The maximum atomic E-state index is 4.98. The Kier molecular flexibility index (Phi) is 5.99. The van der Waals surface area contributed by atoms with Crippen molar-refractivity contribution in [3.8, 4) is 11.3 Å². The van der Waals surface area contributed by atoms with Crippen molar-refractivity contribution in [1.82, 2.24) is 4.98 Å². The van der Waals surface area contributed by atoms with E-state index in [0.29, 0.717) is 0 Å². The Morgan fingerprint density at radius 2 is 1.33 bits per heavy atom. The Morgan fingerprint density at radius 3 is 1.97 bits per heavy atom. The van der Waals surface area contributed by atoms with Crippen LogP contribution in [0.25, 0.3) is 22.0 Å². The maximum Gasteiger partial charge on any atom is 0.0780 e. The Bertz CT molecular complexity index is 1100. The van der Waals surface area contributed by atoms with Crippen LogP contribution in [-0.4, -0.2) is 22.7 Å². The predicted molar refractivity (Wildman–Crippen MR) is 145 cm³/mol. The average molecular weight is 458 g/mol. The molecule has 2 saturated carbocycles. The second kappa shape index (κ2) is 9.10. The van der Waals surface area contributed by atoms with Gasteiger partial charge < -0.3 is 0 Å². The average Bonchev–Trinajstić information content (AvgIpc) is 3.58. The van der Waals surface area contributed by atoms with Crippen molar-refractivity contribution in [2.75, 3.05) is 17.8 Å². The van der Waals surface area contributed by atoms with Crippen molar-refractivity contribution in [3.63, 3.8) is 0 Å². The van der Waals surface area contributed by atoms with Crippen LogP contribution in [0.4, 0.5) is 0 Å². The molecule has 1 aliphatic heterocycles. The fraction of sp³-hybridized carbons (Fsp3) is 0.516. The van der Waals surface area contributed by atoms with Crippen LogP contribution in [0.15, 0.2) is 53.6 Å². The molecule has 0 unspecified atom stereocenters. The molecule has 3 aromatic rings. The van der Waals surface area contributed by atoms with Gasteiger partial charge >= 0.3 is 0 Å². The molecule has 1 saturated heterocycles. The first-order valence-electron chi connectivity index (χ1n) is 13.5. The standard InChI is InChI=1S/C31H39NS/c1-33(17-7-2-8-18-33)29-13-14-30-25(22-29)15-16-32-31(30)28-20-26(23-9-3-4-10-23)19-27(21-28)24-11-5-6-12-24/h13-16,19-24H,2-12,17-18H2,1H3. The summed E-state index contributed by atoms with van der Waals surface area (Å²) in [7, 11) is -0.644. The van der Waals surface area contributed by atoms with E-state index in [-0.39, 0.29) is 0 Å². The number of hydrogen-bond donors (Lipinski definition) is 0. The first-order valence-corrected chi connectivity index (χ1v) is 15.9. The van der Waals surface area contributed by atoms with Crippen LogP contribution in [0.2, 0.25) is 0 Å². The third-order valence-corrected chi connectivity index (χ3v) is 12.7. The van der Waals surface area contributed by atoms with Crippen molar-refractivity contribution in [3.05, 3.63) is 59.8 Å². The van der Waals surface area contributed by atoms with Crippen molar-refractivity contribution in [2.45, 2.75) is 87.4 Å². The highest BCUT2D eigenvalue weighted by Crippen LogP contribution is 2.56. The Hall–Kier alpha value is -1.80. The molecule has 174 valence electrons. The minimum absolute atomic E-state index is 0.644. The summed E-state index contributed by atoms with van der Waals surface area (Å²) in [6, 6.07) is 17.2. The minimum Gasteiger partial charge on any atom is -0.256 e. The first kappa shape index (κ1) is 21.7. The fourth-order valence-corrected chi connectivity index (χ4v) is 10.0. The van der Waals surface area contributed by atoms with E-state index in [1.165, 1.54) is 104 Å². The number of pyridine rings is 1. The molecular formula is C31H39NS. The van der Waals surface area contributed by atoms with Gasteiger partial charge in [-0.2, -0.15) is 0 Å². The van der Waals surface area contributed by atoms with Gasteiger partial charge in [0, 0.05) is 17.1 Å². The summed E-state index contributed by atoms with van der Waals surface area (Å²) < 4.78 is 0. The molecule has 0 N–H and O–H groups in total. The third kappa shape index (κ3) is 4.25. The number of rotatable bonds is 4. The number of benzene rings is 2. The smallest absolute Gasteiger partial charge is 0.0780 e. The summed E-state index contributed by atoms with van der Waals surface area (Å²) in [4.78, 5) is 6.59. The van der Waals surface area contributed by atoms with E-state index >= 15 is 0 Å². The second-order valence-corrected chi connectivity index (χ2v) is 15.0. The molecule has 0 radical (unpaired) electrons. The molecule has 1 aromatic heterocycles. The van der Waals surface area contributed by atoms with Gasteiger partial charge in [0.15, 0.2) is 0 Å². The van der Waals surface area contributed by atoms with Gasteiger partial charge in [0.05, 0.1) is 5.69 Å². The molecule has 0 spiro atoms. The Morgan fingerprint density at radius 1 is 0.697 bits per heavy atom. The molecular weight excluding hydrogens is 418 g/mol. The number of fused-ring (bicyclic) bond motifs is 1. The molecule has 2 aromatic carbocycles. The van der Waals surface area contributed by atoms with Crippen molar-refractivity contribution in [1.29, 1.82) is 0 Å². The topological polar surface area (TPSA) is 12.9 Å². The van der Waals surface area contributed by atoms with Crippen LogP contribution in [0.1, 0.15) is 93.6 Å². The van der Waals surface area contributed by atoms with E-state index in [0.717, 1.165) is 11.8 Å². The zero-order valence-corrected chi connectivity index (χ0v) is 21.1. The molecule has 3 aliphatic rings. The Labute approximate surface area is 201 Å². The van der Waals surface area contributed by atoms with Gasteiger partial charge in [-0.3, -0.25) is 4.98 Å². The van der Waals surface area contributed by atoms with Crippen LogP contribution in [0.3, 0.4) is 0 Å². The fourth-order valence-electron chi connectivity index (χ4n) is 6.85. The summed E-state index contributed by atoms with van der Waals surface area (Å²) in [5.74, 6) is 4.32. The van der Waals surface area contributed by atoms with Crippen LogP contribution in [0.5, 0.6) is 0 Å². The molecule has 0 amide bonds. The monoisotopic (exact) mass is 457 g/mol. The van der Waals surface area contributed by atoms with Gasteiger partial charge in [-0.15, -0.1) is 0 Å². The summed E-state index contributed by atoms with van der Waals surface area (Å²) in [5.41, 5.74) is 5.72. The van der Waals surface area contributed by atoms with Gasteiger partial charge in [-0.25, -0.2) is 10.0 Å². The van der Waals surface area contributed by atoms with Crippen molar-refractivity contribution < 1.29 is 0 Å². The van der Waals surface area contributed by atoms with Gasteiger partial charge in [0.1, 0.15) is 0 Å². The second-order valence-electron chi connectivity index (χ2n) is 11.1. The highest BCUT2D eigenvalue weighted by Gasteiger charge is 2.25. The maximum absolute atomic E-state index is 4.98. The van der Waals surface area contributed by atoms with E-state index in [4.69, 9.17) is 4.98 Å². The number of hydrogen-bond acceptors (Lipinski definition) is 1. The quantitative estimate of drug-likeness (QED) is 0.380. The summed E-state index contributed by atoms with van der Waals surface area (Å²) in [6.45, 7) is 0. The molecule has 1 nitrogen and oxygen atoms in total. The molecule has 2 heterocycles. The van der Waals surface area contributed by atoms with Crippen LogP contribution in [-0.2, 0) is 0 Å². The predicted octanol–water partition coefficient (Wildman–Crippen LogP) is 9.19. The highest BCUT2D eigenvalue weighted by atomic mass is 32.3. The van der Waals surface area contributed by atoms with E-state index in [2.05, 4.69) is 54.9 Å². The third-order valence-electron chi connectivity index (χ3n) is 8.90. The van der Waals surface area contributed by atoms with E-state index in [9.17, 15) is 0 Å². The van der Waals surface area contributed by atoms with Crippen LogP contribution < -0.4 is 0 Å². The first-order chi connectivity index (χ1) is 16.2. The lowest BCUT2D eigenvalue weighted by Crippen LogP contribution is -2.13. The zero-order chi connectivity index (χ0) is 22.3. The van der Waals surface area contributed by atoms with E-state index in [1.54, 1.807) is 16.0 Å². The van der Waals surface area contributed by atoms with Gasteiger partial charge in [-0.05, 0) is 120 Å². The van der Waals surface area contributed by atoms with Gasteiger partial charge in [-0.1, -0.05) is 44.2 Å². The van der Waals surface area contributed by atoms with Gasteiger partial charge in [0.25, 0.3) is 0 Å². The molecule has 2 heteroatoms. The summed E-state index contributed by atoms with van der Waals surface area (Å²) in [6.07, 6.45) is 19.9. The Balaban J connectivity index is 1.44. The molecule has 0 atom stereocenters. The van der Waals surface area contributed by atoms with E-state index < -0.39 is 10.0 Å². The van der Waals surface area contributed by atoms with Crippen LogP contribution >= 0.6 is 10.0 Å². The summed E-state index contributed by atoms with van der Waals surface area (Å²) >= 11 is 0. The normalized spacial score (nSPS) is 22.7. The number of aromatic nitrogens is 1. The molecule has 33 heavy (non-hydrogen) atoms. The lowest BCUT2D eigenvalue weighted by Gasteiger charge is -2.40. The molecule has 6 rings (SSSR count). The summed E-state index contributed by atoms with van der Waals surface area (Å²) in [5, 5.41) is 2.71. The molecule has 3 fully saturated rings. The lowest BCUT2D eigenvalue weighted by atomic mass is 9.87. The van der Waals surface area contributed by atoms with Crippen LogP contribution in [0, 0.1) is 0 Å². The minimum atomic E-state index is -0.644.